The van der Waals surface area contributed by atoms with Crippen molar-refractivity contribution >= 4 is 43.5 Å². The predicted octanol–water partition coefficient (Wildman–Crippen LogP) is 5.40. The molecule has 0 heterocycles. The largest absolute Gasteiger partial charge is 0.496 e. The molecule has 0 aliphatic carbocycles. The number of amides is 1. The minimum absolute atomic E-state index is 0.185. The van der Waals surface area contributed by atoms with Gasteiger partial charge in [0, 0.05) is 14.6 Å². The Morgan fingerprint density at radius 3 is 2.00 bits per heavy atom. The number of carbonyl (C=O) groups is 1. The third kappa shape index (κ3) is 3.52. The molecule has 0 unspecified atom stereocenters. The molecule has 0 radical (unpaired) electrons. The van der Waals surface area contributed by atoms with Crippen molar-refractivity contribution in [2.75, 3.05) is 12.4 Å². The molecule has 3 nitrogen and oxygen atoms in total. The second-order valence-corrected chi connectivity index (χ2v) is 7.00. The Labute approximate surface area is 147 Å². The summed E-state index contributed by atoms with van der Waals surface area (Å²) in [6.45, 7) is 5.85. The number of anilines is 1. The van der Waals surface area contributed by atoms with Crippen LogP contribution in [-0.2, 0) is 0 Å². The summed E-state index contributed by atoms with van der Waals surface area (Å²) in [6, 6.07) is 7.65. The van der Waals surface area contributed by atoms with Crippen LogP contribution < -0.4 is 10.1 Å². The first-order valence-electron chi connectivity index (χ1n) is 6.75. The monoisotopic (exact) mass is 425 g/mol. The van der Waals surface area contributed by atoms with Gasteiger partial charge in [-0.05, 0) is 61.7 Å². The van der Waals surface area contributed by atoms with Gasteiger partial charge in [0.15, 0.2) is 0 Å². The molecule has 0 spiro atoms. The Balaban J connectivity index is 2.43. The van der Waals surface area contributed by atoms with E-state index in [2.05, 4.69) is 37.2 Å². The third-order valence-electron chi connectivity index (χ3n) is 3.42. The number of methoxy groups -OCH3 is 1. The number of ether oxygens (including phenoxy) is 1. The van der Waals surface area contributed by atoms with Crippen molar-refractivity contribution in [3.8, 4) is 5.75 Å². The Bertz CT molecular complexity index is 719. The minimum atomic E-state index is -0.185. The highest BCUT2D eigenvalue weighted by atomic mass is 79.9. The molecule has 0 atom stereocenters. The van der Waals surface area contributed by atoms with Gasteiger partial charge in [-0.25, -0.2) is 0 Å². The van der Waals surface area contributed by atoms with E-state index in [1.54, 1.807) is 13.2 Å². The predicted molar refractivity (Wildman–Crippen MR) is 97.0 cm³/mol. The molecule has 0 aliphatic rings. The lowest BCUT2D eigenvalue weighted by Crippen LogP contribution is -2.15. The topological polar surface area (TPSA) is 38.3 Å². The van der Waals surface area contributed by atoms with Crippen molar-refractivity contribution in [3.05, 3.63) is 55.5 Å². The Morgan fingerprint density at radius 2 is 1.45 bits per heavy atom. The lowest BCUT2D eigenvalue weighted by molar-refractivity contribution is 0.102. The highest BCUT2D eigenvalue weighted by molar-refractivity contribution is 9.10. The lowest BCUT2D eigenvalue weighted by atomic mass is 10.1. The Hall–Kier alpha value is -1.33. The lowest BCUT2D eigenvalue weighted by Gasteiger charge is -2.15. The van der Waals surface area contributed by atoms with Gasteiger partial charge in [0.25, 0.3) is 5.91 Å². The van der Waals surface area contributed by atoms with Crippen LogP contribution in [0, 0.1) is 20.8 Å². The Morgan fingerprint density at radius 1 is 0.955 bits per heavy atom. The summed E-state index contributed by atoms with van der Waals surface area (Å²) in [5.41, 5.74) is 4.26. The van der Waals surface area contributed by atoms with Gasteiger partial charge in [-0.1, -0.05) is 31.9 Å². The van der Waals surface area contributed by atoms with E-state index in [0.29, 0.717) is 11.3 Å². The number of carbonyl (C=O) groups excluding carboxylic acids is 1. The summed E-state index contributed by atoms with van der Waals surface area (Å²) in [7, 11) is 1.57. The van der Waals surface area contributed by atoms with E-state index in [1.165, 1.54) is 0 Å². The van der Waals surface area contributed by atoms with Gasteiger partial charge in [0.05, 0.1) is 12.7 Å². The minimum Gasteiger partial charge on any atom is -0.496 e. The molecule has 5 heteroatoms. The molecule has 2 aromatic carbocycles. The molecule has 2 rings (SSSR count). The normalized spacial score (nSPS) is 10.5. The zero-order valence-electron chi connectivity index (χ0n) is 12.9. The number of halogens is 2. The fourth-order valence-electron chi connectivity index (χ4n) is 2.46. The second-order valence-electron chi connectivity index (χ2n) is 5.17. The first-order valence-corrected chi connectivity index (χ1v) is 8.34. The van der Waals surface area contributed by atoms with Crippen LogP contribution in [0.25, 0.3) is 0 Å². The van der Waals surface area contributed by atoms with E-state index >= 15 is 0 Å². The summed E-state index contributed by atoms with van der Waals surface area (Å²) in [4.78, 5) is 12.7. The van der Waals surface area contributed by atoms with Crippen LogP contribution >= 0.6 is 31.9 Å². The standard InChI is InChI=1S/C17H17Br2NO2/c1-9-5-12(18)6-10(2)15(9)20-17(21)14-8-13(19)7-11(3)16(14)22-4/h5-8H,1-4H3,(H,20,21). The summed E-state index contributed by atoms with van der Waals surface area (Å²) in [5.74, 6) is 0.405. The number of hydrogen-bond donors (Lipinski definition) is 1. The molecule has 22 heavy (non-hydrogen) atoms. The number of benzene rings is 2. The van der Waals surface area contributed by atoms with E-state index in [9.17, 15) is 4.79 Å². The van der Waals surface area contributed by atoms with Gasteiger partial charge < -0.3 is 10.1 Å². The first kappa shape index (κ1) is 17.0. The SMILES string of the molecule is COc1c(C)cc(Br)cc1C(=O)Nc1c(C)cc(Br)cc1C. The van der Waals surface area contributed by atoms with Crippen LogP contribution in [0.4, 0.5) is 5.69 Å². The molecule has 0 fully saturated rings. The third-order valence-corrected chi connectivity index (χ3v) is 4.34. The van der Waals surface area contributed by atoms with Gasteiger partial charge in [0.1, 0.15) is 5.75 Å². The maximum Gasteiger partial charge on any atom is 0.259 e. The average molecular weight is 427 g/mol. The maximum absolute atomic E-state index is 12.7. The van der Waals surface area contributed by atoms with E-state index in [-0.39, 0.29) is 5.91 Å². The highest BCUT2D eigenvalue weighted by Gasteiger charge is 2.17. The Kier molecular flexibility index (Phi) is 5.29. The van der Waals surface area contributed by atoms with Crippen LogP contribution in [0.5, 0.6) is 5.75 Å². The fourth-order valence-corrected chi connectivity index (χ4v) is 3.72. The molecule has 0 saturated carbocycles. The quantitative estimate of drug-likeness (QED) is 0.713. The zero-order valence-corrected chi connectivity index (χ0v) is 16.1. The van der Waals surface area contributed by atoms with Gasteiger partial charge in [-0.2, -0.15) is 0 Å². The van der Waals surface area contributed by atoms with E-state index < -0.39 is 0 Å². The summed E-state index contributed by atoms with van der Waals surface area (Å²) in [6.07, 6.45) is 0. The number of hydrogen-bond acceptors (Lipinski definition) is 2. The van der Waals surface area contributed by atoms with Crippen LogP contribution in [0.3, 0.4) is 0 Å². The summed E-state index contributed by atoms with van der Waals surface area (Å²) >= 11 is 6.89. The highest BCUT2D eigenvalue weighted by Crippen LogP contribution is 2.30. The van der Waals surface area contributed by atoms with Crippen LogP contribution in [0.15, 0.2) is 33.2 Å². The maximum atomic E-state index is 12.7. The molecule has 0 aliphatic heterocycles. The van der Waals surface area contributed by atoms with Crippen molar-refractivity contribution in [2.45, 2.75) is 20.8 Å². The molecule has 0 aromatic heterocycles. The van der Waals surface area contributed by atoms with Crippen LogP contribution in [0.2, 0.25) is 0 Å². The first-order chi connectivity index (χ1) is 10.3. The molecular formula is C17H17Br2NO2. The molecular weight excluding hydrogens is 410 g/mol. The van der Waals surface area contributed by atoms with Crippen molar-refractivity contribution in [2.24, 2.45) is 0 Å². The molecule has 1 N–H and O–H groups in total. The van der Waals surface area contributed by atoms with E-state index in [1.807, 2.05) is 39.0 Å². The zero-order chi connectivity index (χ0) is 16.4. The fraction of sp³-hybridized carbons (Fsp3) is 0.235. The van der Waals surface area contributed by atoms with Crippen LogP contribution in [-0.4, -0.2) is 13.0 Å². The van der Waals surface area contributed by atoms with Gasteiger partial charge in [-0.3, -0.25) is 4.79 Å². The smallest absolute Gasteiger partial charge is 0.259 e. The van der Waals surface area contributed by atoms with Crippen molar-refractivity contribution in [3.63, 3.8) is 0 Å². The molecule has 116 valence electrons. The van der Waals surface area contributed by atoms with Crippen molar-refractivity contribution in [1.82, 2.24) is 0 Å². The molecule has 0 bridgehead atoms. The number of nitrogens with one attached hydrogen (secondary N) is 1. The van der Waals surface area contributed by atoms with E-state index in [0.717, 1.165) is 31.3 Å². The average Bonchev–Trinajstić information content (AvgIpc) is 2.41. The molecule has 1 amide bonds. The molecule has 2 aromatic rings. The van der Waals surface area contributed by atoms with Gasteiger partial charge in [0.2, 0.25) is 0 Å². The number of rotatable bonds is 3. The summed E-state index contributed by atoms with van der Waals surface area (Å²) < 4.78 is 7.22. The summed E-state index contributed by atoms with van der Waals surface area (Å²) in [5, 5.41) is 2.99. The van der Waals surface area contributed by atoms with Crippen LogP contribution in [0.1, 0.15) is 27.0 Å². The van der Waals surface area contributed by atoms with E-state index in [4.69, 9.17) is 4.74 Å². The van der Waals surface area contributed by atoms with Crippen molar-refractivity contribution in [1.29, 1.82) is 0 Å². The molecule has 0 saturated heterocycles. The van der Waals surface area contributed by atoms with Crippen molar-refractivity contribution < 1.29 is 9.53 Å². The number of aryl methyl sites for hydroxylation is 3. The van der Waals surface area contributed by atoms with Gasteiger partial charge in [-0.15, -0.1) is 0 Å². The van der Waals surface area contributed by atoms with Gasteiger partial charge >= 0.3 is 0 Å². The second kappa shape index (κ2) is 6.84.